The van der Waals surface area contributed by atoms with Crippen LogP contribution >= 0.6 is 0 Å². The second kappa shape index (κ2) is 2.66. The van der Waals surface area contributed by atoms with E-state index in [1.807, 2.05) is 0 Å². The summed E-state index contributed by atoms with van der Waals surface area (Å²) in [6.07, 6.45) is 0. The van der Waals surface area contributed by atoms with Crippen molar-refractivity contribution < 1.29 is 0 Å². The summed E-state index contributed by atoms with van der Waals surface area (Å²) in [6.45, 7) is 4.34. The van der Waals surface area contributed by atoms with Gasteiger partial charge in [0.1, 0.15) is 5.65 Å². The van der Waals surface area contributed by atoms with E-state index in [4.69, 9.17) is 0 Å². The van der Waals surface area contributed by atoms with E-state index in [0.29, 0.717) is 0 Å². The Morgan fingerprint density at radius 2 is 1.67 bits per heavy atom. The number of aryl methyl sites for hydroxylation is 3. The van der Waals surface area contributed by atoms with Crippen molar-refractivity contribution >= 4 is 16.7 Å². The van der Waals surface area contributed by atoms with E-state index in [1.165, 1.54) is 27.9 Å². The molecule has 0 aliphatic carbocycles. The van der Waals surface area contributed by atoms with Gasteiger partial charge < -0.3 is 4.57 Å². The third kappa shape index (κ3) is 0.938. The Bertz CT molecular complexity index is 656. The second-order valence-corrected chi connectivity index (χ2v) is 4.15. The van der Waals surface area contributed by atoms with Gasteiger partial charge in [-0.25, -0.2) is 0 Å². The number of para-hydroxylation sites is 2. The summed E-state index contributed by atoms with van der Waals surface area (Å²) in [6, 6.07) is 10.8. The van der Waals surface area contributed by atoms with Crippen LogP contribution in [0.25, 0.3) is 16.7 Å². The molecule has 0 aliphatic heterocycles. The highest BCUT2D eigenvalue weighted by molar-refractivity contribution is 5.82. The van der Waals surface area contributed by atoms with Crippen molar-refractivity contribution in [2.24, 2.45) is 7.05 Å². The predicted octanol–water partition coefficient (Wildman–Crippen LogP) is 3.05. The lowest BCUT2D eigenvalue weighted by Gasteiger charge is -1.95. The molecule has 1 aromatic carbocycles. The van der Waals surface area contributed by atoms with E-state index in [1.54, 1.807) is 0 Å². The number of imidazole rings is 1. The smallest absolute Gasteiger partial charge is 0.118 e. The summed E-state index contributed by atoms with van der Waals surface area (Å²) in [5.74, 6) is 0. The van der Waals surface area contributed by atoms with Crippen LogP contribution in [0.15, 0.2) is 30.3 Å². The molecule has 2 aromatic heterocycles. The molecular formula is C13H14N2. The lowest BCUT2D eigenvalue weighted by atomic mass is 10.3. The summed E-state index contributed by atoms with van der Waals surface area (Å²) in [4.78, 5) is 0. The first kappa shape index (κ1) is 8.60. The fourth-order valence-corrected chi connectivity index (χ4v) is 2.32. The maximum Gasteiger partial charge on any atom is 0.118 e. The fraction of sp³-hybridized carbons (Fsp3) is 0.231. The molecule has 0 amide bonds. The molecule has 0 atom stereocenters. The zero-order valence-corrected chi connectivity index (χ0v) is 9.28. The lowest BCUT2D eigenvalue weighted by molar-refractivity contribution is 0.988. The molecule has 0 fully saturated rings. The summed E-state index contributed by atoms with van der Waals surface area (Å²) >= 11 is 0. The van der Waals surface area contributed by atoms with Crippen molar-refractivity contribution in [2.75, 3.05) is 0 Å². The summed E-state index contributed by atoms with van der Waals surface area (Å²) in [7, 11) is 2.12. The Labute approximate surface area is 88.7 Å². The first-order valence-corrected chi connectivity index (χ1v) is 5.22. The zero-order valence-electron chi connectivity index (χ0n) is 9.28. The number of hydrogen-bond donors (Lipinski definition) is 0. The first-order chi connectivity index (χ1) is 7.20. The van der Waals surface area contributed by atoms with Gasteiger partial charge in [-0.2, -0.15) is 0 Å². The standard InChI is InChI=1S/C13H14N2/c1-9-8-13-14(3)11-6-4-5-7-12(11)15(13)10(9)2/h4-8H,1-3H3. The minimum Gasteiger partial charge on any atom is -0.329 e. The van der Waals surface area contributed by atoms with Crippen molar-refractivity contribution in [3.63, 3.8) is 0 Å². The Morgan fingerprint density at radius 1 is 1.00 bits per heavy atom. The van der Waals surface area contributed by atoms with Crippen molar-refractivity contribution in [3.05, 3.63) is 41.6 Å². The maximum absolute atomic E-state index is 2.32. The van der Waals surface area contributed by atoms with Crippen molar-refractivity contribution in [2.45, 2.75) is 13.8 Å². The van der Waals surface area contributed by atoms with Crippen LogP contribution in [0.5, 0.6) is 0 Å². The molecule has 0 aliphatic rings. The molecule has 2 nitrogen and oxygen atoms in total. The van der Waals surface area contributed by atoms with E-state index in [-0.39, 0.29) is 0 Å². The summed E-state index contributed by atoms with van der Waals surface area (Å²) < 4.78 is 4.57. The molecule has 76 valence electrons. The summed E-state index contributed by atoms with van der Waals surface area (Å²) in [5.41, 5.74) is 6.54. The Kier molecular flexibility index (Phi) is 1.52. The van der Waals surface area contributed by atoms with E-state index in [0.717, 1.165) is 0 Å². The van der Waals surface area contributed by atoms with Crippen LogP contribution in [0.4, 0.5) is 0 Å². The average molecular weight is 198 g/mol. The van der Waals surface area contributed by atoms with E-state index in [9.17, 15) is 0 Å². The number of benzene rings is 1. The van der Waals surface area contributed by atoms with Gasteiger partial charge in [-0.3, -0.25) is 4.40 Å². The van der Waals surface area contributed by atoms with Gasteiger partial charge in [0.2, 0.25) is 0 Å². The number of rotatable bonds is 0. The van der Waals surface area contributed by atoms with Crippen LogP contribution in [0.2, 0.25) is 0 Å². The van der Waals surface area contributed by atoms with Gasteiger partial charge in [0.25, 0.3) is 0 Å². The third-order valence-electron chi connectivity index (χ3n) is 3.31. The molecule has 0 bridgehead atoms. The highest BCUT2D eigenvalue weighted by Gasteiger charge is 2.10. The van der Waals surface area contributed by atoms with Crippen LogP contribution in [0, 0.1) is 13.8 Å². The van der Waals surface area contributed by atoms with Gasteiger partial charge in [0.05, 0.1) is 11.0 Å². The monoisotopic (exact) mass is 198 g/mol. The van der Waals surface area contributed by atoms with E-state index < -0.39 is 0 Å². The van der Waals surface area contributed by atoms with Gasteiger partial charge in [-0.05, 0) is 37.6 Å². The molecule has 2 heteroatoms. The fourth-order valence-electron chi connectivity index (χ4n) is 2.32. The van der Waals surface area contributed by atoms with Gasteiger partial charge in [0, 0.05) is 12.7 Å². The molecule has 0 saturated carbocycles. The molecule has 2 heterocycles. The minimum absolute atomic E-state index is 1.27. The normalized spacial score (nSPS) is 11.7. The molecule has 0 spiro atoms. The highest BCUT2D eigenvalue weighted by Crippen LogP contribution is 2.24. The Morgan fingerprint density at radius 3 is 2.40 bits per heavy atom. The topological polar surface area (TPSA) is 9.34 Å². The van der Waals surface area contributed by atoms with Gasteiger partial charge in [-0.1, -0.05) is 12.1 Å². The predicted molar refractivity (Wildman–Crippen MR) is 63.3 cm³/mol. The number of fused-ring (bicyclic) bond motifs is 3. The number of nitrogens with zero attached hydrogens (tertiary/aromatic N) is 2. The van der Waals surface area contributed by atoms with Crippen molar-refractivity contribution in [1.82, 2.24) is 8.97 Å². The largest absolute Gasteiger partial charge is 0.329 e. The van der Waals surface area contributed by atoms with Crippen LogP contribution < -0.4 is 0 Å². The van der Waals surface area contributed by atoms with Crippen molar-refractivity contribution in [1.29, 1.82) is 0 Å². The van der Waals surface area contributed by atoms with Gasteiger partial charge in [0.15, 0.2) is 0 Å². The second-order valence-electron chi connectivity index (χ2n) is 4.15. The van der Waals surface area contributed by atoms with E-state index in [2.05, 4.69) is 60.2 Å². The molecule has 15 heavy (non-hydrogen) atoms. The quantitative estimate of drug-likeness (QED) is 0.525. The lowest BCUT2D eigenvalue weighted by Crippen LogP contribution is -1.85. The first-order valence-electron chi connectivity index (χ1n) is 5.22. The van der Waals surface area contributed by atoms with Crippen LogP contribution in [-0.2, 0) is 7.05 Å². The highest BCUT2D eigenvalue weighted by atomic mass is 15.1. The molecule has 0 N–H and O–H groups in total. The number of hydrogen-bond acceptors (Lipinski definition) is 0. The molecule has 0 radical (unpaired) electrons. The molecule has 0 unspecified atom stereocenters. The van der Waals surface area contributed by atoms with E-state index >= 15 is 0 Å². The Balaban J connectivity index is 2.68. The number of aromatic nitrogens is 2. The molecule has 3 rings (SSSR count). The maximum atomic E-state index is 2.32. The summed E-state index contributed by atoms with van der Waals surface area (Å²) in [5, 5.41) is 0. The molecular weight excluding hydrogens is 184 g/mol. The van der Waals surface area contributed by atoms with Gasteiger partial charge in [-0.15, -0.1) is 0 Å². The average Bonchev–Trinajstić information content (AvgIpc) is 2.68. The van der Waals surface area contributed by atoms with Crippen LogP contribution in [-0.4, -0.2) is 8.97 Å². The molecule has 0 saturated heterocycles. The zero-order chi connectivity index (χ0) is 10.6. The van der Waals surface area contributed by atoms with Crippen molar-refractivity contribution in [3.8, 4) is 0 Å². The third-order valence-corrected chi connectivity index (χ3v) is 3.31. The van der Waals surface area contributed by atoms with Crippen LogP contribution in [0.1, 0.15) is 11.3 Å². The molecule has 3 aromatic rings. The van der Waals surface area contributed by atoms with Crippen LogP contribution in [0.3, 0.4) is 0 Å². The van der Waals surface area contributed by atoms with Gasteiger partial charge >= 0.3 is 0 Å². The SMILES string of the molecule is Cc1cc2n(C)c3ccccc3n2c1C. The Hall–Kier alpha value is -1.70. The minimum atomic E-state index is 1.27.